The maximum atomic E-state index is 14.1. The fourth-order valence-corrected chi connectivity index (χ4v) is 2.92. The van der Waals surface area contributed by atoms with Crippen LogP contribution in [0.5, 0.6) is 5.75 Å². The smallest absolute Gasteiger partial charge is 0.142 e. The van der Waals surface area contributed by atoms with E-state index < -0.39 is 5.82 Å². The van der Waals surface area contributed by atoms with E-state index in [2.05, 4.69) is 20.9 Å². The summed E-state index contributed by atoms with van der Waals surface area (Å²) in [6, 6.07) is 14.8. The van der Waals surface area contributed by atoms with Gasteiger partial charge in [0.25, 0.3) is 0 Å². The van der Waals surface area contributed by atoms with Gasteiger partial charge in [0.05, 0.1) is 5.69 Å². The number of nitrogen functional groups attached to an aromatic ring is 1. The molecule has 0 saturated carbocycles. The average Bonchev–Trinajstić information content (AvgIpc) is 2.54. The van der Waals surface area contributed by atoms with Crippen LogP contribution in [0.1, 0.15) is 5.56 Å². The van der Waals surface area contributed by atoms with Crippen LogP contribution >= 0.6 is 15.9 Å². The summed E-state index contributed by atoms with van der Waals surface area (Å²) in [4.78, 5) is 4.14. The first-order valence-corrected chi connectivity index (χ1v) is 7.75. The third-order valence-corrected chi connectivity index (χ3v) is 4.24. The standard InChI is InChI=1S/C18H11BrFN3O/c19-15-4-2-1-3-11(15)13-8-17(23-18(22)14(13)9-21)12-6-5-10(24)7-16(12)20/h1-8,24H,(H2,22,23). The van der Waals surface area contributed by atoms with Crippen LogP contribution in [0.4, 0.5) is 10.2 Å². The summed E-state index contributed by atoms with van der Waals surface area (Å²) in [5.41, 5.74) is 7.93. The highest BCUT2D eigenvalue weighted by Crippen LogP contribution is 2.36. The van der Waals surface area contributed by atoms with Crippen molar-refractivity contribution in [2.24, 2.45) is 0 Å². The first-order valence-electron chi connectivity index (χ1n) is 6.95. The number of nitriles is 1. The van der Waals surface area contributed by atoms with Crippen LogP contribution in [0, 0.1) is 17.1 Å². The van der Waals surface area contributed by atoms with Crippen molar-refractivity contribution in [3.8, 4) is 34.2 Å². The van der Waals surface area contributed by atoms with Crippen molar-refractivity contribution in [2.75, 3.05) is 5.73 Å². The molecule has 0 aliphatic heterocycles. The SMILES string of the molecule is N#Cc1c(-c2ccccc2Br)cc(-c2ccc(O)cc2F)nc1N. The number of halogens is 2. The molecule has 0 bridgehead atoms. The Bertz CT molecular complexity index is 982. The molecule has 0 fully saturated rings. The molecule has 3 aromatic rings. The minimum atomic E-state index is -0.621. The van der Waals surface area contributed by atoms with Crippen molar-refractivity contribution in [3.63, 3.8) is 0 Å². The number of benzene rings is 2. The van der Waals surface area contributed by atoms with E-state index in [9.17, 15) is 14.8 Å². The third-order valence-electron chi connectivity index (χ3n) is 3.55. The van der Waals surface area contributed by atoms with Crippen LogP contribution in [0.15, 0.2) is 53.0 Å². The van der Waals surface area contributed by atoms with Crippen molar-refractivity contribution in [1.82, 2.24) is 4.98 Å². The van der Waals surface area contributed by atoms with E-state index in [1.165, 1.54) is 12.1 Å². The van der Waals surface area contributed by atoms with Gasteiger partial charge in [-0.2, -0.15) is 5.26 Å². The van der Waals surface area contributed by atoms with Gasteiger partial charge in [0.1, 0.15) is 29.0 Å². The van der Waals surface area contributed by atoms with Gasteiger partial charge in [-0.3, -0.25) is 0 Å². The summed E-state index contributed by atoms with van der Waals surface area (Å²) < 4.78 is 14.9. The highest BCUT2D eigenvalue weighted by atomic mass is 79.9. The van der Waals surface area contributed by atoms with Crippen molar-refractivity contribution in [3.05, 3.63) is 64.4 Å². The zero-order chi connectivity index (χ0) is 17.3. The Balaban J connectivity index is 2.29. The summed E-state index contributed by atoms with van der Waals surface area (Å²) in [5.74, 6) is -0.776. The van der Waals surface area contributed by atoms with Crippen LogP contribution < -0.4 is 5.73 Å². The van der Waals surface area contributed by atoms with Crippen molar-refractivity contribution in [1.29, 1.82) is 5.26 Å². The van der Waals surface area contributed by atoms with E-state index in [0.29, 0.717) is 5.56 Å². The molecule has 6 heteroatoms. The molecule has 0 amide bonds. The van der Waals surface area contributed by atoms with Gasteiger partial charge < -0.3 is 10.8 Å². The van der Waals surface area contributed by atoms with Gasteiger partial charge >= 0.3 is 0 Å². The van der Waals surface area contributed by atoms with Crippen molar-refractivity contribution >= 4 is 21.7 Å². The highest BCUT2D eigenvalue weighted by molar-refractivity contribution is 9.10. The molecule has 118 valence electrons. The second-order valence-corrected chi connectivity index (χ2v) is 5.93. The Morgan fingerprint density at radius 1 is 1.08 bits per heavy atom. The topological polar surface area (TPSA) is 82.9 Å². The molecule has 4 nitrogen and oxygen atoms in total. The number of phenols is 1. The Morgan fingerprint density at radius 2 is 1.83 bits per heavy atom. The van der Waals surface area contributed by atoms with Gasteiger partial charge in [-0.1, -0.05) is 34.1 Å². The van der Waals surface area contributed by atoms with E-state index in [4.69, 9.17) is 5.73 Å². The zero-order valence-electron chi connectivity index (χ0n) is 12.3. The number of hydrogen-bond acceptors (Lipinski definition) is 4. The van der Waals surface area contributed by atoms with Gasteiger partial charge in [-0.25, -0.2) is 9.37 Å². The van der Waals surface area contributed by atoms with Crippen LogP contribution in [-0.4, -0.2) is 10.1 Å². The summed E-state index contributed by atoms with van der Waals surface area (Å²) in [5, 5.41) is 18.8. The summed E-state index contributed by atoms with van der Waals surface area (Å²) >= 11 is 3.45. The lowest BCUT2D eigenvalue weighted by atomic mass is 9.98. The first-order chi connectivity index (χ1) is 11.5. The van der Waals surface area contributed by atoms with Crippen LogP contribution in [-0.2, 0) is 0 Å². The number of aromatic hydroxyl groups is 1. The number of pyridine rings is 1. The Kier molecular flexibility index (Phi) is 4.19. The predicted molar refractivity (Wildman–Crippen MR) is 93.6 cm³/mol. The quantitative estimate of drug-likeness (QED) is 0.683. The lowest BCUT2D eigenvalue weighted by molar-refractivity contribution is 0.469. The first kappa shape index (κ1) is 16.0. The molecule has 3 rings (SSSR count). The Morgan fingerprint density at radius 3 is 2.50 bits per heavy atom. The van der Waals surface area contributed by atoms with E-state index in [1.807, 2.05) is 30.3 Å². The Labute approximate surface area is 146 Å². The van der Waals surface area contributed by atoms with Crippen LogP contribution in [0.2, 0.25) is 0 Å². The van der Waals surface area contributed by atoms with Gasteiger partial charge in [0, 0.05) is 21.7 Å². The third kappa shape index (κ3) is 2.82. The summed E-state index contributed by atoms with van der Waals surface area (Å²) in [7, 11) is 0. The van der Waals surface area contributed by atoms with E-state index in [1.54, 1.807) is 6.07 Å². The average molecular weight is 384 g/mol. The molecule has 0 aliphatic rings. The molecule has 24 heavy (non-hydrogen) atoms. The molecule has 0 aliphatic carbocycles. The molecule has 2 aromatic carbocycles. The minimum Gasteiger partial charge on any atom is -0.508 e. The molecule has 1 aromatic heterocycles. The lowest BCUT2D eigenvalue weighted by Gasteiger charge is -2.12. The van der Waals surface area contributed by atoms with E-state index in [-0.39, 0.29) is 28.4 Å². The second-order valence-electron chi connectivity index (χ2n) is 5.07. The maximum Gasteiger partial charge on any atom is 0.142 e. The number of phenolic OH excluding ortho intramolecular Hbond substituents is 1. The number of rotatable bonds is 2. The van der Waals surface area contributed by atoms with E-state index in [0.717, 1.165) is 16.1 Å². The number of hydrogen-bond donors (Lipinski definition) is 2. The fourth-order valence-electron chi connectivity index (χ4n) is 2.42. The molecule has 0 saturated heterocycles. The molecule has 3 N–H and O–H groups in total. The highest BCUT2D eigenvalue weighted by Gasteiger charge is 2.17. The molecule has 0 atom stereocenters. The van der Waals surface area contributed by atoms with Gasteiger partial charge in [-0.05, 0) is 29.8 Å². The molecule has 0 unspecified atom stereocenters. The monoisotopic (exact) mass is 383 g/mol. The van der Waals surface area contributed by atoms with Crippen molar-refractivity contribution in [2.45, 2.75) is 0 Å². The van der Waals surface area contributed by atoms with Gasteiger partial charge in [0.2, 0.25) is 0 Å². The second kappa shape index (κ2) is 6.30. The van der Waals surface area contributed by atoms with Gasteiger partial charge in [-0.15, -0.1) is 0 Å². The minimum absolute atomic E-state index is 0.0215. The van der Waals surface area contributed by atoms with Crippen LogP contribution in [0.25, 0.3) is 22.4 Å². The number of aromatic nitrogens is 1. The number of nitrogens with two attached hydrogens (primary N) is 1. The summed E-state index contributed by atoms with van der Waals surface area (Å²) in [6.45, 7) is 0. The molecular weight excluding hydrogens is 373 g/mol. The van der Waals surface area contributed by atoms with E-state index >= 15 is 0 Å². The number of nitrogens with zero attached hydrogens (tertiary/aromatic N) is 2. The van der Waals surface area contributed by atoms with Crippen LogP contribution in [0.3, 0.4) is 0 Å². The summed E-state index contributed by atoms with van der Waals surface area (Å²) in [6.07, 6.45) is 0. The predicted octanol–water partition coefficient (Wildman–Crippen LogP) is 4.48. The molecular formula is C18H11BrFN3O. The Hall–Kier alpha value is -2.91. The fraction of sp³-hybridized carbons (Fsp3) is 0. The largest absolute Gasteiger partial charge is 0.508 e. The zero-order valence-corrected chi connectivity index (χ0v) is 13.9. The molecule has 0 radical (unpaired) electrons. The molecule has 1 heterocycles. The lowest BCUT2D eigenvalue weighted by Crippen LogP contribution is -2.00. The normalized spacial score (nSPS) is 10.4. The molecule has 0 spiro atoms. The maximum absolute atomic E-state index is 14.1. The van der Waals surface area contributed by atoms with Crippen molar-refractivity contribution < 1.29 is 9.50 Å². The number of anilines is 1. The van der Waals surface area contributed by atoms with Gasteiger partial charge in [0.15, 0.2) is 0 Å².